The molecular weight excluding hydrogens is 328 g/mol. The van der Waals surface area contributed by atoms with Crippen molar-refractivity contribution in [1.29, 1.82) is 0 Å². The molecule has 0 aromatic carbocycles. The third-order valence-corrected chi connectivity index (χ3v) is 4.80. The summed E-state index contributed by atoms with van der Waals surface area (Å²) in [5, 5.41) is 3.56. The number of pyridine rings is 1. The fourth-order valence-corrected chi connectivity index (χ4v) is 3.10. The first-order valence-corrected chi connectivity index (χ1v) is 9.04. The molecule has 1 aliphatic heterocycles. The van der Waals surface area contributed by atoms with Crippen LogP contribution in [-0.4, -0.2) is 66.8 Å². The normalized spacial score (nSPS) is 16.3. The smallest absolute Gasteiger partial charge is 0.227 e. The first kappa shape index (κ1) is 18.5. The van der Waals surface area contributed by atoms with E-state index >= 15 is 0 Å². The van der Waals surface area contributed by atoms with E-state index in [9.17, 15) is 0 Å². The van der Waals surface area contributed by atoms with Crippen molar-refractivity contribution < 1.29 is 4.74 Å². The minimum atomic E-state index is 0.227. The Labute approximate surface area is 155 Å². The molecule has 3 heterocycles. The number of hydrogen-bond acceptors (Lipinski definition) is 7. The van der Waals surface area contributed by atoms with Gasteiger partial charge in [0.15, 0.2) is 0 Å². The van der Waals surface area contributed by atoms with Gasteiger partial charge < -0.3 is 15.0 Å². The second-order valence-electron chi connectivity index (χ2n) is 6.81. The van der Waals surface area contributed by atoms with Crippen LogP contribution in [-0.2, 0) is 4.74 Å². The van der Waals surface area contributed by atoms with Crippen LogP contribution in [0.2, 0.25) is 0 Å². The van der Waals surface area contributed by atoms with Gasteiger partial charge in [-0.05, 0) is 25.5 Å². The molecule has 3 rings (SSSR count). The van der Waals surface area contributed by atoms with Crippen molar-refractivity contribution >= 4 is 11.8 Å². The second kappa shape index (κ2) is 8.42. The number of nitrogens with one attached hydrogen (secondary N) is 1. The number of aromatic nitrogens is 3. The van der Waals surface area contributed by atoms with Crippen LogP contribution < -0.4 is 10.2 Å². The van der Waals surface area contributed by atoms with Gasteiger partial charge in [0.1, 0.15) is 5.82 Å². The zero-order chi connectivity index (χ0) is 18.5. The molecule has 0 unspecified atom stereocenters. The molecule has 0 aliphatic carbocycles. The molecule has 0 spiro atoms. The van der Waals surface area contributed by atoms with Crippen molar-refractivity contribution in [3.05, 3.63) is 41.3 Å². The van der Waals surface area contributed by atoms with Gasteiger partial charge in [-0.3, -0.25) is 9.88 Å². The monoisotopic (exact) mass is 356 g/mol. The summed E-state index contributed by atoms with van der Waals surface area (Å²) in [5.74, 6) is 1.61. The van der Waals surface area contributed by atoms with Crippen LogP contribution in [0.25, 0.3) is 0 Å². The van der Waals surface area contributed by atoms with Crippen molar-refractivity contribution in [2.45, 2.75) is 19.9 Å². The molecule has 2 aromatic heterocycles. The Morgan fingerprint density at radius 3 is 2.65 bits per heavy atom. The Kier molecular flexibility index (Phi) is 6.00. The van der Waals surface area contributed by atoms with E-state index in [0.29, 0.717) is 0 Å². The molecule has 7 heteroatoms. The third kappa shape index (κ3) is 4.28. The summed E-state index contributed by atoms with van der Waals surface area (Å²) in [4.78, 5) is 17.9. The number of hydrogen-bond donors (Lipinski definition) is 1. The van der Waals surface area contributed by atoms with E-state index in [1.165, 1.54) is 5.56 Å². The van der Waals surface area contributed by atoms with Crippen LogP contribution in [0.5, 0.6) is 0 Å². The fourth-order valence-electron chi connectivity index (χ4n) is 3.10. The highest BCUT2D eigenvalue weighted by Crippen LogP contribution is 2.24. The summed E-state index contributed by atoms with van der Waals surface area (Å²) in [6.07, 6.45) is 3.76. The second-order valence-corrected chi connectivity index (χ2v) is 6.81. The van der Waals surface area contributed by atoms with Gasteiger partial charge in [-0.2, -0.15) is 4.98 Å². The molecule has 1 atom stereocenters. The van der Waals surface area contributed by atoms with E-state index in [2.05, 4.69) is 38.2 Å². The Bertz CT molecular complexity index is 715. The van der Waals surface area contributed by atoms with Crippen molar-refractivity contribution in [2.24, 2.45) is 0 Å². The topological polar surface area (TPSA) is 66.4 Å². The number of ether oxygens (including phenoxy) is 1. The predicted molar refractivity (Wildman–Crippen MR) is 104 cm³/mol. The number of nitrogens with zero attached hydrogens (tertiary/aromatic N) is 5. The van der Waals surface area contributed by atoms with Crippen molar-refractivity contribution in [1.82, 2.24) is 19.9 Å². The third-order valence-electron chi connectivity index (χ3n) is 4.80. The largest absolute Gasteiger partial charge is 0.379 e. The summed E-state index contributed by atoms with van der Waals surface area (Å²) >= 11 is 0. The first-order chi connectivity index (χ1) is 12.6. The van der Waals surface area contributed by atoms with E-state index in [1.807, 2.05) is 44.4 Å². The van der Waals surface area contributed by atoms with Crippen LogP contribution in [0.4, 0.5) is 11.8 Å². The van der Waals surface area contributed by atoms with E-state index in [-0.39, 0.29) is 6.04 Å². The predicted octanol–water partition coefficient (Wildman–Crippen LogP) is 2.04. The highest BCUT2D eigenvalue weighted by atomic mass is 16.5. The van der Waals surface area contributed by atoms with Crippen molar-refractivity contribution in [2.75, 3.05) is 57.2 Å². The molecule has 0 saturated carbocycles. The van der Waals surface area contributed by atoms with Crippen LogP contribution in [0.15, 0.2) is 24.5 Å². The Morgan fingerprint density at radius 2 is 2.00 bits per heavy atom. The van der Waals surface area contributed by atoms with E-state index in [1.54, 1.807) is 0 Å². The van der Waals surface area contributed by atoms with Crippen molar-refractivity contribution in [3.63, 3.8) is 0 Å². The number of anilines is 2. The average Bonchev–Trinajstić information content (AvgIpc) is 2.66. The molecule has 26 heavy (non-hydrogen) atoms. The number of rotatable bonds is 6. The van der Waals surface area contributed by atoms with Gasteiger partial charge in [-0.1, -0.05) is 6.07 Å². The lowest BCUT2D eigenvalue weighted by Crippen LogP contribution is -2.41. The summed E-state index contributed by atoms with van der Waals surface area (Å²) in [7, 11) is 3.92. The molecular formula is C19H28N6O. The minimum absolute atomic E-state index is 0.227. The maximum absolute atomic E-state index is 5.52. The maximum atomic E-state index is 5.52. The fraction of sp³-hybridized carbons (Fsp3) is 0.526. The minimum Gasteiger partial charge on any atom is -0.379 e. The lowest BCUT2D eigenvalue weighted by atomic mass is 10.1. The summed E-state index contributed by atoms with van der Waals surface area (Å²) in [5.41, 5.74) is 3.29. The van der Waals surface area contributed by atoms with Gasteiger partial charge >= 0.3 is 0 Å². The molecule has 0 amide bonds. The first-order valence-electron chi connectivity index (χ1n) is 9.04. The Morgan fingerprint density at radius 1 is 1.23 bits per heavy atom. The van der Waals surface area contributed by atoms with Crippen LogP contribution in [0.1, 0.15) is 22.9 Å². The molecule has 0 radical (unpaired) electrons. The van der Waals surface area contributed by atoms with Gasteiger partial charge in [0.25, 0.3) is 0 Å². The van der Waals surface area contributed by atoms with E-state index in [4.69, 9.17) is 4.74 Å². The van der Waals surface area contributed by atoms with Crippen LogP contribution in [0.3, 0.4) is 0 Å². The van der Waals surface area contributed by atoms with E-state index < -0.39 is 0 Å². The SMILES string of the molecule is Cc1nc(N(C)C)nc(NC[C@@H](c2cccnc2)N2CCOCC2)c1C. The van der Waals surface area contributed by atoms with Gasteiger partial charge in [0, 0.05) is 57.4 Å². The summed E-state index contributed by atoms with van der Waals surface area (Å²) < 4.78 is 5.52. The van der Waals surface area contributed by atoms with Gasteiger partial charge in [-0.15, -0.1) is 0 Å². The van der Waals surface area contributed by atoms with Crippen LogP contribution >= 0.6 is 0 Å². The maximum Gasteiger partial charge on any atom is 0.227 e. The molecule has 2 aromatic rings. The Hall–Kier alpha value is -2.25. The van der Waals surface area contributed by atoms with Crippen molar-refractivity contribution in [3.8, 4) is 0 Å². The van der Waals surface area contributed by atoms with E-state index in [0.717, 1.165) is 55.9 Å². The van der Waals surface area contributed by atoms with Gasteiger partial charge in [-0.25, -0.2) is 4.98 Å². The molecule has 140 valence electrons. The zero-order valence-electron chi connectivity index (χ0n) is 16.1. The average molecular weight is 356 g/mol. The quantitative estimate of drug-likeness (QED) is 0.849. The number of morpholine rings is 1. The molecule has 1 fully saturated rings. The molecule has 1 saturated heterocycles. The highest BCUT2D eigenvalue weighted by Gasteiger charge is 2.23. The molecule has 1 N–H and O–H groups in total. The lowest BCUT2D eigenvalue weighted by Gasteiger charge is -2.35. The zero-order valence-corrected chi connectivity index (χ0v) is 16.1. The lowest BCUT2D eigenvalue weighted by molar-refractivity contribution is 0.0186. The van der Waals surface area contributed by atoms with Gasteiger partial charge in [0.2, 0.25) is 5.95 Å². The van der Waals surface area contributed by atoms with Gasteiger partial charge in [0.05, 0.1) is 19.3 Å². The molecule has 0 bridgehead atoms. The molecule has 7 nitrogen and oxygen atoms in total. The summed E-state index contributed by atoms with van der Waals surface area (Å²) in [6, 6.07) is 4.36. The standard InChI is InChI=1S/C19H28N6O/c1-14-15(2)22-19(24(3)4)23-18(14)21-13-17(16-6-5-7-20-12-16)25-8-10-26-11-9-25/h5-7,12,17H,8-11,13H2,1-4H3,(H,21,22,23)/t17-/m0/s1. The molecule has 1 aliphatic rings. The van der Waals surface area contributed by atoms with Crippen LogP contribution in [0, 0.1) is 13.8 Å². The highest BCUT2D eigenvalue weighted by molar-refractivity contribution is 5.50. The summed E-state index contributed by atoms with van der Waals surface area (Å²) in [6.45, 7) is 8.23. The Balaban J connectivity index is 1.82. The number of aryl methyl sites for hydroxylation is 1.